The fourth-order valence-electron chi connectivity index (χ4n) is 2.70. The van der Waals surface area contributed by atoms with Gasteiger partial charge in [0.25, 0.3) is 5.56 Å². The van der Waals surface area contributed by atoms with Crippen LogP contribution < -0.4 is 10.9 Å². The molecule has 0 saturated heterocycles. The minimum atomic E-state index is -0.401. The first-order valence-corrected chi connectivity index (χ1v) is 10.2. The Morgan fingerprint density at radius 2 is 1.85 bits per heavy atom. The minimum Gasteiger partial charge on any atom is -0.358 e. The Morgan fingerprint density at radius 3 is 2.41 bits per heavy atom. The first kappa shape index (κ1) is 21.2. The molecule has 8 heteroatoms. The quantitative estimate of drug-likeness (QED) is 0.747. The second kappa shape index (κ2) is 9.23. The van der Waals surface area contributed by atoms with E-state index in [1.807, 2.05) is 56.0 Å². The lowest BCUT2D eigenvalue weighted by atomic mass is 10.3. The van der Waals surface area contributed by atoms with E-state index in [-0.39, 0.29) is 11.5 Å². The molecule has 1 amide bonds. The molecule has 27 heavy (non-hydrogen) atoms. The molecule has 2 rings (SSSR count). The summed E-state index contributed by atoms with van der Waals surface area (Å²) >= 11 is 6.75. The molecule has 6 nitrogen and oxygen atoms in total. The van der Waals surface area contributed by atoms with Crippen LogP contribution in [-0.4, -0.2) is 42.8 Å². The Bertz CT molecular complexity index is 870. The Hall–Kier alpha value is -2.06. The summed E-state index contributed by atoms with van der Waals surface area (Å²) in [6.45, 7) is 9.27. The second-order valence-electron chi connectivity index (χ2n) is 6.12. The highest BCUT2D eigenvalue weighted by Gasteiger charge is 2.23. The molecule has 1 unspecified atom stereocenters. The zero-order chi connectivity index (χ0) is 20.1. The predicted octanol–water partition coefficient (Wildman–Crippen LogP) is 3.17. The van der Waals surface area contributed by atoms with Gasteiger partial charge in [0.2, 0.25) is 5.91 Å². The second-order valence-corrected chi connectivity index (χ2v) is 8.10. The van der Waals surface area contributed by atoms with Crippen LogP contribution in [0.2, 0.25) is 0 Å². The lowest BCUT2D eigenvalue weighted by Crippen LogP contribution is -2.32. The molecular weight excluding hydrogens is 380 g/mol. The summed E-state index contributed by atoms with van der Waals surface area (Å²) in [6.07, 6.45) is 0. The van der Waals surface area contributed by atoms with Crippen LogP contribution in [0.3, 0.4) is 0 Å². The van der Waals surface area contributed by atoms with E-state index >= 15 is 0 Å². The number of carbonyl (C=O) groups is 1. The van der Waals surface area contributed by atoms with Gasteiger partial charge in [0, 0.05) is 20.1 Å². The Morgan fingerprint density at radius 1 is 1.26 bits per heavy atom. The van der Waals surface area contributed by atoms with Crippen molar-refractivity contribution in [2.24, 2.45) is 7.05 Å². The number of carbonyl (C=O) groups excluding carboxylic acids is 1. The molecule has 0 saturated carbocycles. The van der Waals surface area contributed by atoms with Gasteiger partial charge >= 0.3 is 0 Å². The van der Waals surface area contributed by atoms with E-state index in [0.717, 1.165) is 18.8 Å². The molecular formula is C19H26N4O2S2. The maximum absolute atomic E-state index is 12.9. The number of para-hydroxylation sites is 1. The zero-order valence-corrected chi connectivity index (χ0v) is 18.0. The number of hydrogen-bond acceptors (Lipinski definition) is 4. The van der Waals surface area contributed by atoms with Gasteiger partial charge in [-0.2, -0.15) is 0 Å². The maximum Gasteiger partial charge on any atom is 0.295 e. The van der Waals surface area contributed by atoms with Crippen molar-refractivity contribution in [1.29, 1.82) is 0 Å². The number of anilines is 1. The van der Waals surface area contributed by atoms with Crippen molar-refractivity contribution >= 4 is 39.9 Å². The Balaban J connectivity index is 2.21. The third-order valence-electron chi connectivity index (χ3n) is 4.47. The molecule has 1 aromatic carbocycles. The zero-order valence-electron chi connectivity index (χ0n) is 16.4. The van der Waals surface area contributed by atoms with Gasteiger partial charge in [0.1, 0.15) is 10.0 Å². The van der Waals surface area contributed by atoms with E-state index in [4.69, 9.17) is 12.2 Å². The average molecular weight is 407 g/mol. The molecule has 146 valence electrons. The summed E-state index contributed by atoms with van der Waals surface area (Å²) in [5, 5.41) is 2.40. The molecule has 1 N–H and O–H groups in total. The number of nitrogens with one attached hydrogen (secondary N) is 1. The smallest absolute Gasteiger partial charge is 0.295 e. The van der Waals surface area contributed by atoms with Gasteiger partial charge in [0.15, 0.2) is 0 Å². The fourth-order valence-corrected chi connectivity index (χ4v) is 4.27. The molecule has 0 bridgehead atoms. The minimum absolute atomic E-state index is 0.236. The highest BCUT2D eigenvalue weighted by atomic mass is 32.2. The van der Waals surface area contributed by atoms with Crippen molar-refractivity contribution in [2.45, 2.75) is 32.9 Å². The van der Waals surface area contributed by atoms with Gasteiger partial charge < -0.3 is 10.2 Å². The number of thioether (sulfide) groups is 1. The van der Waals surface area contributed by atoms with Crippen molar-refractivity contribution in [3.05, 3.63) is 46.4 Å². The number of amides is 1. The molecule has 0 aliphatic heterocycles. The molecule has 0 aliphatic rings. The van der Waals surface area contributed by atoms with Gasteiger partial charge in [0.05, 0.1) is 16.6 Å². The van der Waals surface area contributed by atoms with Crippen LogP contribution >= 0.6 is 24.0 Å². The van der Waals surface area contributed by atoms with Crippen molar-refractivity contribution in [3.63, 3.8) is 0 Å². The number of aromatic nitrogens is 2. The summed E-state index contributed by atoms with van der Waals surface area (Å²) in [5.74, 6) is -0.236. The number of hydrogen-bond donors (Lipinski definition) is 1. The third kappa shape index (κ3) is 4.62. The van der Waals surface area contributed by atoms with Crippen LogP contribution in [0.25, 0.3) is 5.69 Å². The van der Waals surface area contributed by atoms with E-state index < -0.39 is 5.25 Å². The van der Waals surface area contributed by atoms with E-state index in [0.29, 0.717) is 15.7 Å². The molecule has 1 aromatic heterocycles. The summed E-state index contributed by atoms with van der Waals surface area (Å²) in [7, 11) is 1.80. The van der Waals surface area contributed by atoms with Crippen LogP contribution in [-0.2, 0) is 11.8 Å². The standard InChI is InChI=1S/C19H26N4O2S2/c1-6-22(7-2)19(26)27-14(4)17(24)20-16-13(3)21(5)23(18(16)25)15-11-9-8-10-12-15/h8-12,14H,6-7H2,1-5H3,(H,20,24). The van der Waals surface area contributed by atoms with Crippen LogP contribution in [0.1, 0.15) is 26.5 Å². The van der Waals surface area contributed by atoms with Crippen LogP contribution in [0.4, 0.5) is 5.69 Å². The fraction of sp³-hybridized carbons (Fsp3) is 0.421. The first-order chi connectivity index (χ1) is 12.8. The summed E-state index contributed by atoms with van der Waals surface area (Å²) in [5.41, 5.74) is 1.49. The molecule has 0 aliphatic carbocycles. The normalized spacial score (nSPS) is 11.9. The van der Waals surface area contributed by atoms with Gasteiger partial charge in [-0.25, -0.2) is 4.68 Å². The molecule has 1 atom stereocenters. The molecule has 0 spiro atoms. The molecule has 0 radical (unpaired) electrons. The van der Waals surface area contributed by atoms with Crippen LogP contribution in [0, 0.1) is 6.92 Å². The third-order valence-corrected chi connectivity index (χ3v) is 6.05. The highest BCUT2D eigenvalue weighted by Crippen LogP contribution is 2.19. The van der Waals surface area contributed by atoms with Gasteiger partial charge in [-0.05, 0) is 39.8 Å². The SMILES string of the molecule is CCN(CC)C(=S)SC(C)C(=O)Nc1c(C)n(C)n(-c2ccccc2)c1=O. The lowest BCUT2D eigenvalue weighted by Gasteiger charge is -2.22. The van der Waals surface area contributed by atoms with Crippen molar-refractivity contribution in [2.75, 3.05) is 18.4 Å². The first-order valence-electron chi connectivity index (χ1n) is 8.92. The summed E-state index contributed by atoms with van der Waals surface area (Å²) in [4.78, 5) is 27.5. The Labute approximate surface area is 169 Å². The van der Waals surface area contributed by atoms with E-state index in [1.54, 1.807) is 23.3 Å². The van der Waals surface area contributed by atoms with Crippen molar-refractivity contribution in [1.82, 2.24) is 14.3 Å². The van der Waals surface area contributed by atoms with Gasteiger partial charge in [-0.15, -0.1) is 0 Å². The van der Waals surface area contributed by atoms with Gasteiger partial charge in [-0.3, -0.25) is 14.3 Å². The topological polar surface area (TPSA) is 59.3 Å². The average Bonchev–Trinajstić information content (AvgIpc) is 2.86. The number of nitrogens with zero attached hydrogens (tertiary/aromatic N) is 3. The van der Waals surface area contributed by atoms with E-state index in [9.17, 15) is 9.59 Å². The van der Waals surface area contributed by atoms with Crippen molar-refractivity contribution < 1.29 is 4.79 Å². The van der Waals surface area contributed by atoms with Crippen LogP contribution in [0.15, 0.2) is 35.1 Å². The van der Waals surface area contributed by atoms with Crippen molar-refractivity contribution in [3.8, 4) is 5.69 Å². The van der Waals surface area contributed by atoms with Crippen LogP contribution in [0.5, 0.6) is 0 Å². The van der Waals surface area contributed by atoms with E-state index in [1.165, 1.54) is 11.8 Å². The van der Waals surface area contributed by atoms with Gasteiger partial charge in [-0.1, -0.05) is 42.2 Å². The summed E-state index contributed by atoms with van der Waals surface area (Å²) < 4.78 is 3.98. The molecule has 0 fully saturated rings. The highest BCUT2D eigenvalue weighted by molar-refractivity contribution is 8.23. The van der Waals surface area contributed by atoms with E-state index in [2.05, 4.69) is 5.32 Å². The largest absolute Gasteiger partial charge is 0.358 e. The lowest BCUT2D eigenvalue weighted by molar-refractivity contribution is -0.115. The molecule has 2 aromatic rings. The number of benzene rings is 1. The predicted molar refractivity (Wildman–Crippen MR) is 117 cm³/mol. The molecule has 1 heterocycles. The number of rotatable bonds is 6. The Kier molecular flexibility index (Phi) is 7.26. The maximum atomic E-state index is 12.9. The monoisotopic (exact) mass is 406 g/mol. The number of thiocarbonyl (C=S) groups is 1. The summed E-state index contributed by atoms with van der Waals surface area (Å²) in [6, 6.07) is 9.34.